The summed E-state index contributed by atoms with van der Waals surface area (Å²) >= 11 is 0. The van der Waals surface area contributed by atoms with E-state index in [0.717, 1.165) is 12.1 Å². The van der Waals surface area contributed by atoms with Crippen molar-refractivity contribution in [2.45, 2.75) is 33.7 Å². The SMILES string of the molecule is CCc1cc(NC(=O)Cn2nc(C)c([N+](=O)[O-])c2C)n[nH]1. The third kappa shape index (κ3) is 3.07. The molecule has 2 heterocycles. The predicted octanol–water partition coefficient (Wildman–Crippen LogP) is 1.33. The molecule has 0 fully saturated rings. The molecule has 9 nitrogen and oxygen atoms in total. The van der Waals surface area contributed by atoms with Crippen LogP contribution in [0.4, 0.5) is 11.5 Å². The summed E-state index contributed by atoms with van der Waals surface area (Å²) in [7, 11) is 0. The Hall–Kier alpha value is -2.71. The number of aryl methyl sites for hydroxylation is 2. The van der Waals surface area contributed by atoms with Gasteiger partial charge in [-0.25, -0.2) is 0 Å². The predicted molar refractivity (Wildman–Crippen MR) is 75.0 cm³/mol. The average Bonchev–Trinajstić information content (AvgIpc) is 2.94. The molecule has 0 aliphatic rings. The lowest BCUT2D eigenvalue weighted by Gasteiger charge is -2.03. The minimum Gasteiger partial charge on any atom is -0.308 e. The molecule has 0 bridgehead atoms. The second-order valence-electron chi connectivity index (χ2n) is 4.61. The number of hydrogen-bond acceptors (Lipinski definition) is 5. The Morgan fingerprint density at radius 3 is 2.76 bits per heavy atom. The van der Waals surface area contributed by atoms with Crippen molar-refractivity contribution >= 4 is 17.4 Å². The number of rotatable bonds is 5. The molecule has 1 amide bonds. The van der Waals surface area contributed by atoms with Crippen molar-refractivity contribution in [1.82, 2.24) is 20.0 Å². The van der Waals surface area contributed by atoms with Crippen molar-refractivity contribution in [2.75, 3.05) is 5.32 Å². The average molecular weight is 292 g/mol. The molecule has 0 spiro atoms. The van der Waals surface area contributed by atoms with E-state index in [-0.39, 0.29) is 18.1 Å². The van der Waals surface area contributed by atoms with Crippen molar-refractivity contribution in [2.24, 2.45) is 0 Å². The fourth-order valence-electron chi connectivity index (χ4n) is 2.03. The van der Waals surface area contributed by atoms with Crippen LogP contribution in [0.25, 0.3) is 0 Å². The van der Waals surface area contributed by atoms with E-state index in [2.05, 4.69) is 20.6 Å². The van der Waals surface area contributed by atoms with Gasteiger partial charge < -0.3 is 5.32 Å². The van der Waals surface area contributed by atoms with Gasteiger partial charge in [0.25, 0.3) is 0 Å². The first-order chi connectivity index (χ1) is 9.92. The van der Waals surface area contributed by atoms with Crippen LogP contribution in [0.5, 0.6) is 0 Å². The Labute approximate surface area is 120 Å². The van der Waals surface area contributed by atoms with Gasteiger partial charge in [0, 0.05) is 11.8 Å². The maximum atomic E-state index is 11.9. The summed E-state index contributed by atoms with van der Waals surface area (Å²) in [6.07, 6.45) is 0.784. The fourth-order valence-corrected chi connectivity index (χ4v) is 2.03. The van der Waals surface area contributed by atoms with Gasteiger partial charge in [-0.2, -0.15) is 10.2 Å². The highest BCUT2D eigenvalue weighted by atomic mass is 16.6. The monoisotopic (exact) mass is 292 g/mol. The second-order valence-corrected chi connectivity index (χ2v) is 4.61. The number of carbonyl (C=O) groups excluding carboxylic acids is 1. The topological polar surface area (TPSA) is 119 Å². The van der Waals surface area contributed by atoms with E-state index in [0.29, 0.717) is 17.2 Å². The number of aromatic nitrogens is 4. The zero-order valence-corrected chi connectivity index (χ0v) is 12.0. The number of hydrogen-bond donors (Lipinski definition) is 2. The minimum atomic E-state index is -0.493. The molecule has 21 heavy (non-hydrogen) atoms. The van der Waals surface area contributed by atoms with E-state index in [1.807, 2.05) is 6.92 Å². The first kappa shape index (κ1) is 14.7. The van der Waals surface area contributed by atoms with Crippen molar-refractivity contribution in [3.8, 4) is 0 Å². The molecule has 0 aliphatic carbocycles. The minimum absolute atomic E-state index is 0.0594. The van der Waals surface area contributed by atoms with Crippen LogP contribution in [0.1, 0.15) is 24.0 Å². The molecule has 9 heteroatoms. The largest absolute Gasteiger partial charge is 0.312 e. The summed E-state index contributed by atoms with van der Waals surface area (Å²) in [5.41, 5.74) is 1.49. The van der Waals surface area contributed by atoms with E-state index in [9.17, 15) is 14.9 Å². The lowest BCUT2D eigenvalue weighted by Crippen LogP contribution is -2.20. The molecule has 2 aromatic rings. The number of nitrogens with zero attached hydrogens (tertiary/aromatic N) is 4. The summed E-state index contributed by atoms with van der Waals surface area (Å²) in [5, 5.41) is 24.3. The van der Waals surface area contributed by atoms with E-state index in [4.69, 9.17) is 0 Å². The van der Waals surface area contributed by atoms with Gasteiger partial charge in [-0.1, -0.05) is 6.92 Å². The van der Waals surface area contributed by atoms with Crippen molar-refractivity contribution in [3.63, 3.8) is 0 Å². The van der Waals surface area contributed by atoms with Crippen LogP contribution in [0.3, 0.4) is 0 Å². The van der Waals surface area contributed by atoms with Gasteiger partial charge in [0.05, 0.1) is 4.92 Å². The highest BCUT2D eigenvalue weighted by molar-refractivity contribution is 5.89. The molecule has 2 N–H and O–H groups in total. The molecule has 0 aliphatic heterocycles. The van der Waals surface area contributed by atoms with E-state index >= 15 is 0 Å². The van der Waals surface area contributed by atoms with Gasteiger partial charge in [-0.3, -0.25) is 24.7 Å². The van der Waals surface area contributed by atoms with Crippen molar-refractivity contribution in [1.29, 1.82) is 0 Å². The Bertz CT molecular complexity index is 687. The second kappa shape index (κ2) is 5.73. The molecular weight excluding hydrogens is 276 g/mol. The Morgan fingerprint density at radius 1 is 1.52 bits per heavy atom. The maximum Gasteiger partial charge on any atom is 0.312 e. The first-order valence-electron chi connectivity index (χ1n) is 6.45. The van der Waals surface area contributed by atoms with Gasteiger partial charge in [-0.15, -0.1) is 0 Å². The zero-order valence-electron chi connectivity index (χ0n) is 12.0. The number of H-pyrrole nitrogens is 1. The molecule has 0 unspecified atom stereocenters. The quantitative estimate of drug-likeness (QED) is 0.636. The van der Waals surface area contributed by atoms with E-state index < -0.39 is 4.92 Å². The third-order valence-corrected chi connectivity index (χ3v) is 3.10. The summed E-state index contributed by atoms with van der Waals surface area (Å²) in [6.45, 7) is 4.97. The number of nitrogens with one attached hydrogen (secondary N) is 2. The molecular formula is C12H16N6O3. The van der Waals surface area contributed by atoms with Gasteiger partial charge in [0.2, 0.25) is 5.91 Å². The molecule has 0 atom stereocenters. The molecule has 0 radical (unpaired) electrons. The van der Waals surface area contributed by atoms with Gasteiger partial charge in [0.15, 0.2) is 5.82 Å². The summed E-state index contributed by atoms with van der Waals surface area (Å²) in [5.74, 6) is 0.0810. The molecule has 112 valence electrons. The smallest absolute Gasteiger partial charge is 0.308 e. The maximum absolute atomic E-state index is 11.9. The molecule has 2 rings (SSSR count). The lowest BCUT2D eigenvalue weighted by atomic mass is 10.3. The Morgan fingerprint density at radius 2 is 2.24 bits per heavy atom. The number of nitro groups is 1. The van der Waals surface area contributed by atoms with Gasteiger partial charge in [0.1, 0.15) is 17.9 Å². The van der Waals surface area contributed by atoms with Crippen molar-refractivity contribution in [3.05, 3.63) is 33.3 Å². The van der Waals surface area contributed by atoms with Crippen LogP contribution in [0, 0.1) is 24.0 Å². The highest BCUT2D eigenvalue weighted by Gasteiger charge is 2.22. The van der Waals surface area contributed by atoms with Crippen LogP contribution >= 0.6 is 0 Å². The summed E-state index contributed by atoms with van der Waals surface area (Å²) < 4.78 is 1.32. The normalized spacial score (nSPS) is 10.6. The van der Waals surface area contributed by atoms with Crippen molar-refractivity contribution < 1.29 is 9.72 Å². The standard InChI is InChI=1S/C12H16N6O3/c1-4-9-5-10(15-14-9)13-11(19)6-17-8(3)12(18(20)21)7(2)16-17/h5H,4,6H2,1-3H3,(H2,13,14,15,19). The van der Waals surface area contributed by atoms with Gasteiger partial charge in [-0.05, 0) is 20.3 Å². The van der Waals surface area contributed by atoms with E-state index in [1.165, 1.54) is 4.68 Å². The van der Waals surface area contributed by atoms with Crippen LogP contribution in [-0.4, -0.2) is 30.8 Å². The Kier molecular flexibility index (Phi) is 4.01. The number of anilines is 1. The third-order valence-electron chi connectivity index (χ3n) is 3.10. The molecule has 0 saturated heterocycles. The van der Waals surface area contributed by atoms with Gasteiger partial charge >= 0.3 is 5.69 Å². The van der Waals surface area contributed by atoms with Crippen LogP contribution in [0.15, 0.2) is 6.07 Å². The fraction of sp³-hybridized carbons (Fsp3) is 0.417. The van der Waals surface area contributed by atoms with Crippen LogP contribution in [0.2, 0.25) is 0 Å². The molecule has 0 aromatic carbocycles. The van der Waals surface area contributed by atoms with E-state index in [1.54, 1.807) is 19.9 Å². The number of carbonyl (C=O) groups is 1. The molecule has 2 aromatic heterocycles. The lowest BCUT2D eigenvalue weighted by molar-refractivity contribution is -0.386. The number of amides is 1. The number of aromatic amines is 1. The zero-order chi connectivity index (χ0) is 15.6. The summed E-state index contributed by atoms with van der Waals surface area (Å²) in [6, 6.07) is 1.74. The summed E-state index contributed by atoms with van der Waals surface area (Å²) in [4.78, 5) is 22.3. The molecule has 0 saturated carbocycles. The first-order valence-corrected chi connectivity index (χ1v) is 6.45. The van der Waals surface area contributed by atoms with Crippen LogP contribution in [-0.2, 0) is 17.8 Å². The van der Waals surface area contributed by atoms with Crippen LogP contribution < -0.4 is 5.32 Å². The Balaban J connectivity index is 2.09. The highest BCUT2D eigenvalue weighted by Crippen LogP contribution is 2.21.